The van der Waals surface area contributed by atoms with Crippen LogP contribution >= 0.6 is 0 Å². The first-order valence-electron chi connectivity index (χ1n) is 9.30. The van der Waals surface area contributed by atoms with Crippen molar-refractivity contribution in [3.8, 4) is 0 Å². The van der Waals surface area contributed by atoms with Crippen LogP contribution in [0.5, 0.6) is 0 Å². The van der Waals surface area contributed by atoms with Crippen LogP contribution in [0.15, 0.2) is 0 Å². The van der Waals surface area contributed by atoms with E-state index in [4.69, 9.17) is 5.11 Å². The summed E-state index contributed by atoms with van der Waals surface area (Å²) in [6.07, 6.45) is 22.6. The summed E-state index contributed by atoms with van der Waals surface area (Å²) in [4.78, 5) is 10.1. The minimum absolute atomic E-state index is 0.762. The smallest absolute Gasteiger partial charge is 0.119 e. The average Bonchev–Trinajstić information content (AvgIpc) is 2.53. The summed E-state index contributed by atoms with van der Waals surface area (Å²) in [5.74, 6) is 0. The zero-order valence-corrected chi connectivity index (χ0v) is 14.7. The fourth-order valence-electron chi connectivity index (χ4n) is 2.60. The van der Waals surface area contributed by atoms with E-state index in [2.05, 4.69) is 6.92 Å². The molecular formula is C19H40O2. The first-order chi connectivity index (χ1) is 10.4. The van der Waals surface area contributed by atoms with E-state index in [1.807, 2.05) is 0 Å². The van der Waals surface area contributed by atoms with Crippen LogP contribution in [-0.4, -0.2) is 18.5 Å². The summed E-state index contributed by atoms with van der Waals surface area (Å²) in [5, 5.41) is 7.00. The molecule has 0 aromatic carbocycles. The highest BCUT2D eigenvalue weighted by Crippen LogP contribution is 2.13. The Balaban J connectivity index is 0. The first-order valence-corrected chi connectivity index (χ1v) is 9.30. The van der Waals surface area contributed by atoms with E-state index in [1.54, 1.807) is 0 Å². The molecule has 0 atom stereocenters. The molecule has 2 heteroatoms. The van der Waals surface area contributed by atoms with Gasteiger partial charge in [-0.1, -0.05) is 96.8 Å². The van der Waals surface area contributed by atoms with Gasteiger partial charge in [-0.25, -0.2) is 0 Å². The van der Waals surface area contributed by atoms with Gasteiger partial charge in [0.25, 0.3) is 0 Å². The molecule has 0 saturated heterocycles. The minimum atomic E-state index is 0.762. The topological polar surface area (TPSA) is 37.3 Å². The molecule has 0 aliphatic heterocycles. The number of rotatable bonds is 16. The van der Waals surface area contributed by atoms with E-state index in [0.29, 0.717) is 0 Å². The summed E-state index contributed by atoms with van der Waals surface area (Å²) in [5.41, 5.74) is 0. The average molecular weight is 301 g/mol. The van der Waals surface area contributed by atoms with E-state index >= 15 is 0 Å². The molecule has 0 aromatic heterocycles. The van der Waals surface area contributed by atoms with E-state index in [-0.39, 0.29) is 0 Å². The highest BCUT2D eigenvalue weighted by Gasteiger charge is 1.94. The van der Waals surface area contributed by atoms with Gasteiger partial charge in [0.15, 0.2) is 0 Å². The third-order valence-electron chi connectivity index (χ3n) is 3.93. The lowest BCUT2D eigenvalue weighted by atomic mass is 10.0. The van der Waals surface area contributed by atoms with Gasteiger partial charge >= 0.3 is 0 Å². The van der Waals surface area contributed by atoms with E-state index in [9.17, 15) is 4.79 Å². The predicted molar refractivity (Wildman–Crippen MR) is 93.8 cm³/mol. The maximum Gasteiger partial charge on any atom is 0.119 e. The molecule has 0 heterocycles. The quantitative estimate of drug-likeness (QED) is 0.278. The number of aliphatic hydroxyl groups is 1. The van der Waals surface area contributed by atoms with Crippen molar-refractivity contribution in [2.45, 2.75) is 110 Å². The van der Waals surface area contributed by atoms with Gasteiger partial charge in [-0.05, 0) is 6.42 Å². The number of unbranched alkanes of at least 4 members (excludes halogenated alkanes) is 15. The van der Waals surface area contributed by atoms with Crippen molar-refractivity contribution < 1.29 is 9.90 Å². The molecule has 0 spiro atoms. The van der Waals surface area contributed by atoms with Crippen molar-refractivity contribution in [2.24, 2.45) is 0 Å². The van der Waals surface area contributed by atoms with E-state index in [1.165, 1.54) is 89.9 Å². The van der Waals surface area contributed by atoms with E-state index < -0.39 is 0 Å². The van der Waals surface area contributed by atoms with Crippen LogP contribution in [0.3, 0.4) is 0 Å². The highest BCUT2D eigenvalue weighted by molar-refractivity contribution is 5.48. The monoisotopic (exact) mass is 300 g/mol. The molecule has 0 fully saturated rings. The van der Waals surface area contributed by atoms with Crippen LogP contribution in [0.25, 0.3) is 0 Å². The van der Waals surface area contributed by atoms with Crippen LogP contribution in [0.1, 0.15) is 110 Å². The molecular weight excluding hydrogens is 260 g/mol. The SMILES string of the molecule is CCCCCCCCCCCCCCCCCC=O.CO. The largest absolute Gasteiger partial charge is 0.400 e. The van der Waals surface area contributed by atoms with Crippen LogP contribution in [-0.2, 0) is 4.79 Å². The third kappa shape index (κ3) is 25.0. The van der Waals surface area contributed by atoms with Crippen molar-refractivity contribution in [2.75, 3.05) is 7.11 Å². The zero-order chi connectivity index (χ0) is 16.0. The molecule has 0 unspecified atom stereocenters. The lowest BCUT2D eigenvalue weighted by molar-refractivity contribution is -0.107. The number of hydrogen-bond donors (Lipinski definition) is 1. The predicted octanol–water partition coefficient (Wildman–Crippen LogP) is 6.06. The molecule has 21 heavy (non-hydrogen) atoms. The summed E-state index contributed by atoms with van der Waals surface area (Å²) in [6.45, 7) is 2.28. The number of aliphatic hydroxyl groups excluding tert-OH is 1. The van der Waals surface area contributed by atoms with Crippen molar-refractivity contribution in [3.05, 3.63) is 0 Å². The Morgan fingerprint density at radius 3 is 1.14 bits per heavy atom. The van der Waals surface area contributed by atoms with Gasteiger partial charge in [-0.3, -0.25) is 0 Å². The number of aldehydes is 1. The summed E-state index contributed by atoms with van der Waals surface area (Å²) in [6, 6.07) is 0. The fraction of sp³-hybridized carbons (Fsp3) is 0.947. The van der Waals surface area contributed by atoms with Crippen molar-refractivity contribution in [1.29, 1.82) is 0 Å². The van der Waals surface area contributed by atoms with Crippen molar-refractivity contribution in [3.63, 3.8) is 0 Å². The van der Waals surface area contributed by atoms with Gasteiger partial charge in [0.05, 0.1) is 0 Å². The fourth-order valence-corrected chi connectivity index (χ4v) is 2.60. The van der Waals surface area contributed by atoms with Crippen LogP contribution in [0.2, 0.25) is 0 Å². The molecule has 2 nitrogen and oxygen atoms in total. The first kappa shape index (κ1) is 22.9. The maximum absolute atomic E-state index is 10.1. The molecule has 128 valence electrons. The van der Waals surface area contributed by atoms with Gasteiger partial charge in [0, 0.05) is 13.5 Å². The molecule has 0 saturated carbocycles. The molecule has 1 N–H and O–H groups in total. The molecule has 0 bridgehead atoms. The highest BCUT2D eigenvalue weighted by atomic mass is 16.2. The number of carbonyl (C=O) groups is 1. The third-order valence-corrected chi connectivity index (χ3v) is 3.93. The second kappa shape index (κ2) is 24.6. The molecule has 0 rings (SSSR count). The normalized spacial score (nSPS) is 10.0. The summed E-state index contributed by atoms with van der Waals surface area (Å²) >= 11 is 0. The second-order valence-electron chi connectivity index (χ2n) is 5.91. The second-order valence-corrected chi connectivity index (χ2v) is 5.91. The Bertz CT molecular complexity index is 169. The molecule has 0 aliphatic rings. The Morgan fingerprint density at radius 2 is 0.857 bits per heavy atom. The van der Waals surface area contributed by atoms with Gasteiger partial charge in [-0.2, -0.15) is 0 Å². The van der Waals surface area contributed by atoms with Crippen molar-refractivity contribution in [1.82, 2.24) is 0 Å². The van der Waals surface area contributed by atoms with Gasteiger partial charge in [-0.15, -0.1) is 0 Å². The van der Waals surface area contributed by atoms with Gasteiger partial charge in [0.2, 0.25) is 0 Å². The standard InChI is InChI=1S/C18H36O.CH4O/c1-2-3-4-5-6-7-8-9-10-11-12-13-14-15-16-17-18-19;1-2/h18H,2-17H2,1H3;2H,1H3. The Hall–Kier alpha value is -0.370. The summed E-state index contributed by atoms with van der Waals surface area (Å²) in [7, 11) is 1.00. The molecule has 0 aliphatic carbocycles. The summed E-state index contributed by atoms with van der Waals surface area (Å²) < 4.78 is 0. The van der Waals surface area contributed by atoms with Crippen LogP contribution < -0.4 is 0 Å². The van der Waals surface area contributed by atoms with Gasteiger partial charge < -0.3 is 9.90 Å². The number of hydrogen-bond acceptors (Lipinski definition) is 2. The lowest BCUT2D eigenvalue weighted by Crippen LogP contribution is -1.83. The zero-order valence-electron chi connectivity index (χ0n) is 14.7. The van der Waals surface area contributed by atoms with Crippen LogP contribution in [0, 0.1) is 0 Å². The molecule has 0 aromatic rings. The van der Waals surface area contributed by atoms with E-state index in [0.717, 1.165) is 26.2 Å². The Morgan fingerprint density at radius 1 is 0.571 bits per heavy atom. The number of carbonyl (C=O) groups excluding carboxylic acids is 1. The van der Waals surface area contributed by atoms with Crippen LogP contribution in [0.4, 0.5) is 0 Å². The Labute approximate surface area is 133 Å². The Kier molecular flexibility index (Phi) is 26.9. The molecule has 0 radical (unpaired) electrons. The lowest BCUT2D eigenvalue weighted by Gasteiger charge is -2.02. The minimum Gasteiger partial charge on any atom is -0.400 e. The van der Waals surface area contributed by atoms with Crippen molar-refractivity contribution >= 4 is 6.29 Å². The van der Waals surface area contributed by atoms with Gasteiger partial charge in [0.1, 0.15) is 6.29 Å². The molecule has 0 amide bonds. The maximum atomic E-state index is 10.1.